The van der Waals surface area contributed by atoms with E-state index in [1.165, 1.54) is 24.3 Å². The first kappa shape index (κ1) is 28.6. The van der Waals surface area contributed by atoms with E-state index in [-0.39, 0.29) is 36.9 Å². The molecule has 0 unspecified atom stereocenters. The molecule has 0 fully saturated rings. The average Bonchev–Trinajstić information content (AvgIpc) is 3.22. The number of ether oxygens (including phenoxy) is 3. The fraction of sp³-hybridized carbons (Fsp3) is 0.241. The molecule has 12 nitrogen and oxygen atoms in total. The summed E-state index contributed by atoms with van der Waals surface area (Å²) in [5.74, 6) is -0.793. The number of nitrogens with one attached hydrogen (secondary N) is 3. The van der Waals surface area contributed by atoms with E-state index in [0.29, 0.717) is 64.2 Å². The Bertz CT molecular complexity index is 1530. The molecule has 0 aromatic heterocycles. The van der Waals surface area contributed by atoms with Gasteiger partial charge in [0, 0.05) is 60.4 Å². The SMILES string of the molecule is NC(=O)CCC(=O)NCCOCCNC(=S)Nc1ccc2c(c1)C(=O)OC21c2ccc(O)cc2Oc2cc(O)ccc21. The summed E-state index contributed by atoms with van der Waals surface area (Å²) < 4.78 is 17.5. The maximum absolute atomic E-state index is 13.2. The summed E-state index contributed by atoms with van der Waals surface area (Å²) in [6.07, 6.45) is 0.0450. The fourth-order valence-corrected chi connectivity index (χ4v) is 5.10. The number of primary amides is 1. The number of phenolic OH excluding ortho intramolecular Hbond substituents is 2. The smallest absolute Gasteiger partial charge is 0.340 e. The van der Waals surface area contributed by atoms with Crippen molar-refractivity contribution in [2.45, 2.75) is 18.4 Å². The minimum Gasteiger partial charge on any atom is -0.508 e. The van der Waals surface area contributed by atoms with Crippen LogP contribution in [0.3, 0.4) is 0 Å². The molecule has 2 aliphatic rings. The molecule has 13 heteroatoms. The van der Waals surface area contributed by atoms with Crippen LogP contribution in [-0.2, 0) is 24.7 Å². The molecule has 1 spiro atoms. The number of nitrogens with two attached hydrogens (primary N) is 1. The minimum absolute atomic E-state index is 0.000979. The predicted octanol–water partition coefficient (Wildman–Crippen LogP) is 2.35. The van der Waals surface area contributed by atoms with Gasteiger partial charge in [0.2, 0.25) is 11.8 Å². The van der Waals surface area contributed by atoms with E-state index in [4.69, 9.17) is 32.2 Å². The van der Waals surface area contributed by atoms with E-state index in [9.17, 15) is 24.6 Å². The van der Waals surface area contributed by atoms with Gasteiger partial charge in [-0.2, -0.15) is 0 Å². The van der Waals surface area contributed by atoms with Crippen molar-refractivity contribution in [2.75, 3.05) is 31.6 Å². The molecule has 0 aliphatic carbocycles. The van der Waals surface area contributed by atoms with Crippen molar-refractivity contribution in [3.05, 3.63) is 76.9 Å². The van der Waals surface area contributed by atoms with Gasteiger partial charge in [0.15, 0.2) is 10.7 Å². The van der Waals surface area contributed by atoms with Crippen LogP contribution in [0.1, 0.15) is 39.9 Å². The van der Waals surface area contributed by atoms with Gasteiger partial charge >= 0.3 is 5.97 Å². The zero-order valence-corrected chi connectivity index (χ0v) is 23.1. The van der Waals surface area contributed by atoms with Gasteiger partial charge in [0.1, 0.15) is 23.0 Å². The lowest BCUT2D eigenvalue weighted by molar-refractivity contribution is -0.125. The van der Waals surface area contributed by atoms with Crippen LogP contribution in [-0.4, -0.2) is 59.4 Å². The number of aromatic hydroxyl groups is 2. The van der Waals surface area contributed by atoms with E-state index in [1.54, 1.807) is 30.3 Å². The van der Waals surface area contributed by atoms with Crippen LogP contribution < -0.4 is 26.4 Å². The third-order valence-corrected chi connectivity index (χ3v) is 6.98. The van der Waals surface area contributed by atoms with Gasteiger partial charge in [-0.25, -0.2) is 4.79 Å². The van der Waals surface area contributed by atoms with Crippen LogP contribution in [0.15, 0.2) is 54.6 Å². The molecule has 3 aromatic carbocycles. The van der Waals surface area contributed by atoms with E-state index >= 15 is 0 Å². The number of phenols is 2. The zero-order chi connectivity index (χ0) is 29.9. The number of carbonyl (C=O) groups is 3. The average molecular weight is 593 g/mol. The Morgan fingerprint density at radius 1 is 0.881 bits per heavy atom. The normalized spacial score (nSPS) is 13.7. The number of benzene rings is 3. The molecule has 0 bridgehead atoms. The second kappa shape index (κ2) is 11.9. The number of rotatable bonds is 10. The summed E-state index contributed by atoms with van der Waals surface area (Å²) in [4.78, 5) is 35.5. The van der Waals surface area contributed by atoms with Crippen LogP contribution in [0.25, 0.3) is 0 Å². The van der Waals surface area contributed by atoms with Gasteiger partial charge in [-0.15, -0.1) is 0 Å². The lowest BCUT2D eigenvalue weighted by Crippen LogP contribution is -2.33. The first-order chi connectivity index (χ1) is 20.2. The van der Waals surface area contributed by atoms with Crippen molar-refractivity contribution >= 4 is 40.8 Å². The van der Waals surface area contributed by atoms with E-state index in [1.807, 2.05) is 0 Å². The minimum atomic E-state index is -1.34. The Labute approximate surface area is 245 Å². The second-order valence-electron chi connectivity index (χ2n) is 9.60. The maximum atomic E-state index is 13.2. The highest BCUT2D eigenvalue weighted by Crippen LogP contribution is 2.57. The summed E-state index contributed by atoms with van der Waals surface area (Å²) in [7, 11) is 0. The molecule has 2 heterocycles. The lowest BCUT2D eigenvalue weighted by atomic mass is 9.77. The van der Waals surface area contributed by atoms with E-state index < -0.39 is 17.5 Å². The predicted molar refractivity (Wildman–Crippen MR) is 155 cm³/mol. The highest BCUT2D eigenvalue weighted by molar-refractivity contribution is 7.80. The highest BCUT2D eigenvalue weighted by atomic mass is 32.1. The number of esters is 1. The van der Waals surface area contributed by atoms with Gasteiger partial charge in [-0.3, -0.25) is 9.59 Å². The third-order valence-electron chi connectivity index (χ3n) is 6.73. The Morgan fingerprint density at radius 2 is 1.50 bits per heavy atom. The number of anilines is 1. The standard InChI is InChI=1S/C29H28N4O8S/c30-25(36)7-8-26(37)31-9-11-39-12-10-32-28(42)33-16-1-4-20-19(13-16)27(38)41-29(20)21-5-2-17(34)14-23(21)40-24-15-18(35)3-6-22(24)29/h1-6,13-15,34-35H,7-12H2,(H2,30,36)(H,31,37)(H2,32,33,42). The molecule has 3 aromatic rings. The zero-order valence-electron chi connectivity index (χ0n) is 22.3. The molecule has 5 rings (SSSR count). The number of hydrogen-bond acceptors (Lipinski definition) is 9. The quantitative estimate of drug-likeness (QED) is 0.116. The van der Waals surface area contributed by atoms with Gasteiger partial charge in [0.25, 0.3) is 0 Å². The summed E-state index contributed by atoms with van der Waals surface area (Å²) >= 11 is 5.37. The molecule has 0 radical (unpaired) electrons. The molecule has 0 saturated heterocycles. The van der Waals surface area contributed by atoms with Crippen LogP contribution >= 0.6 is 12.2 Å². The summed E-state index contributed by atoms with van der Waals surface area (Å²) in [6.45, 7) is 1.31. The Hall–Kier alpha value is -4.88. The van der Waals surface area contributed by atoms with E-state index in [2.05, 4.69) is 16.0 Å². The summed E-state index contributed by atoms with van der Waals surface area (Å²) in [6, 6.07) is 14.3. The largest absolute Gasteiger partial charge is 0.508 e. The second-order valence-corrected chi connectivity index (χ2v) is 10.0. The van der Waals surface area contributed by atoms with Crippen LogP contribution in [0.2, 0.25) is 0 Å². The number of carbonyl (C=O) groups excluding carboxylic acids is 3. The van der Waals surface area contributed by atoms with Crippen LogP contribution in [0, 0.1) is 0 Å². The summed E-state index contributed by atoms with van der Waals surface area (Å²) in [5.41, 5.74) is 6.21. The van der Waals surface area contributed by atoms with Crippen molar-refractivity contribution in [3.8, 4) is 23.0 Å². The Kier molecular flexibility index (Phi) is 8.13. The number of thiocarbonyl (C=S) groups is 1. The molecule has 0 saturated carbocycles. The van der Waals surface area contributed by atoms with Crippen LogP contribution in [0.4, 0.5) is 5.69 Å². The van der Waals surface area contributed by atoms with Gasteiger partial charge in [0.05, 0.1) is 18.8 Å². The molecular weight excluding hydrogens is 564 g/mol. The molecular formula is C29H28N4O8S. The molecule has 0 atom stereocenters. The molecule has 2 amide bonds. The number of fused-ring (bicyclic) bond motifs is 6. The van der Waals surface area contributed by atoms with Gasteiger partial charge in [-0.05, 0) is 48.6 Å². The Morgan fingerprint density at radius 3 is 2.14 bits per heavy atom. The molecule has 7 N–H and O–H groups in total. The van der Waals surface area contributed by atoms with Crippen molar-refractivity contribution in [3.63, 3.8) is 0 Å². The third kappa shape index (κ3) is 5.78. The fourth-order valence-electron chi connectivity index (χ4n) is 4.89. The van der Waals surface area contributed by atoms with E-state index in [0.717, 1.165) is 0 Å². The maximum Gasteiger partial charge on any atom is 0.340 e. The Balaban J connectivity index is 1.22. The number of amides is 2. The molecule has 2 aliphatic heterocycles. The van der Waals surface area contributed by atoms with Crippen molar-refractivity contribution < 1.29 is 38.8 Å². The lowest BCUT2D eigenvalue weighted by Gasteiger charge is -2.36. The van der Waals surface area contributed by atoms with Crippen LogP contribution in [0.5, 0.6) is 23.0 Å². The van der Waals surface area contributed by atoms with Crippen molar-refractivity contribution in [1.29, 1.82) is 0 Å². The first-order valence-corrected chi connectivity index (χ1v) is 13.5. The van der Waals surface area contributed by atoms with Gasteiger partial charge in [-0.1, -0.05) is 6.07 Å². The van der Waals surface area contributed by atoms with Gasteiger partial charge < -0.3 is 46.1 Å². The topological polar surface area (TPSA) is 181 Å². The number of hydrogen-bond donors (Lipinski definition) is 6. The molecule has 218 valence electrons. The molecule has 42 heavy (non-hydrogen) atoms. The highest BCUT2D eigenvalue weighted by Gasteiger charge is 2.53. The van der Waals surface area contributed by atoms with Crippen molar-refractivity contribution in [2.24, 2.45) is 5.73 Å². The first-order valence-electron chi connectivity index (χ1n) is 13.1. The summed E-state index contributed by atoms with van der Waals surface area (Å²) in [5, 5.41) is 29.1. The monoisotopic (exact) mass is 592 g/mol. The van der Waals surface area contributed by atoms with Crippen molar-refractivity contribution in [1.82, 2.24) is 10.6 Å².